The second-order valence-corrected chi connectivity index (χ2v) is 6.04. The number of rotatable bonds is 6. The molecule has 0 aliphatic heterocycles. The van der Waals surface area contributed by atoms with Gasteiger partial charge in [-0.1, -0.05) is 18.2 Å². The summed E-state index contributed by atoms with van der Waals surface area (Å²) in [7, 11) is 2.04. The maximum atomic E-state index is 9.46. The number of nitriles is 1. The lowest BCUT2D eigenvalue weighted by molar-refractivity contribution is 0.232. The Morgan fingerprint density at radius 2 is 2.08 bits per heavy atom. The first kappa shape index (κ1) is 16.1. The highest BCUT2D eigenvalue weighted by Gasteiger charge is 2.11. The van der Waals surface area contributed by atoms with Crippen LogP contribution < -0.4 is 4.74 Å². The minimum Gasteiger partial charge on any atom is -0.492 e. The van der Waals surface area contributed by atoms with Gasteiger partial charge in [-0.2, -0.15) is 5.26 Å². The van der Waals surface area contributed by atoms with E-state index in [1.54, 1.807) is 0 Å². The van der Waals surface area contributed by atoms with Crippen LogP contribution in [0.5, 0.6) is 5.75 Å². The number of hydrogen-bond donors (Lipinski definition) is 0. The first-order valence-corrected chi connectivity index (χ1v) is 8.04. The third kappa shape index (κ3) is 3.58. The summed E-state index contributed by atoms with van der Waals surface area (Å²) in [6.07, 6.45) is 4.01. The van der Waals surface area contributed by atoms with E-state index >= 15 is 0 Å². The highest BCUT2D eigenvalue weighted by Crippen LogP contribution is 2.19. The van der Waals surface area contributed by atoms with Gasteiger partial charge in [0.2, 0.25) is 0 Å². The summed E-state index contributed by atoms with van der Waals surface area (Å²) >= 11 is 0. The van der Waals surface area contributed by atoms with Gasteiger partial charge < -0.3 is 9.14 Å². The molecule has 0 fully saturated rings. The molecule has 0 saturated carbocycles. The summed E-state index contributed by atoms with van der Waals surface area (Å²) < 4.78 is 7.80. The topological polar surface area (TPSA) is 40.7 Å². The fraction of sp³-hybridized carbons (Fsp3) is 0.250. The van der Waals surface area contributed by atoms with Gasteiger partial charge in [0.15, 0.2) is 0 Å². The van der Waals surface area contributed by atoms with Gasteiger partial charge >= 0.3 is 0 Å². The Morgan fingerprint density at radius 3 is 2.88 bits per heavy atom. The number of hydrogen-bond acceptors (Lipinski definition) is 3. The lowest BCUT2D eigenvalue weighted by Crippen LogP contribution is -2.24. The van der Waals surface area contributed by atoms with Crippen molar-refractivity contribution < 1.29 is 4.74 Å². The predicted molar refractivity (Wildman–Crippen MR) is 95.1 cm³/mol. The van der Waals surface area contributed by atoms with Crippen molar-refractivity contribution in [2.45, 2.75) is 13.5 Å². The Hall–Kier alpha value is -2.77. The third-order valence-electron chi connectivity index (χ3n) is 4.05. The summed E-state index contributed by atoms with van der Waals surface area (Å²) in [6.45, 7) is 4.20. The average Bonchev–Trinajstić information content (AvgIpc) is 2.91. The zero-order valence-corrected chi connectivity index (χ0v) is 14.1. The van der Waals surface area contributed by atoms with Crippen molar-refractivity contribution in [2.75, 3.05) is 20.2 Å². The molecule has 3 rings (SSSR count). The van der Waals surface area contributed by atoms with Crippen molar-refractivity contribution >= 4 is 5.52 Å². The fourth-order valence-corrected chi connectivity index (χ4v) is 2.82. The molecule has 0 radical (unpaired) electrons. The number of ether oxygens (including phenoxy) is 1. The number of fused-ring (bicyclic) bond motifs is 1. The number of aromatic nitrogens is 1. The van der Waals surface area contributed by atoms with Crippen molar-refractivity contribution in [1.29, 1.82) is 5.26 Å². The zero-order valence-electron chi connectivity index (χ0n) is 14.1. The second-order valence-electron chi connectivity index (χ2n) is 6.04. The fourth-order valence-electron chi connectivity index (χ4n) is 2.82. The van der Waals surface area contributed by atoms with Crippen molar-refractivity contribution in [3.63, 3.8) is 0 Å². The lowest BCUT2D eigenvalue weighted by atomic mass is 10.1. The van der Waals surface area contributed by atoms with E-state index in [9.17, 15) is 5.26 Å². The molecule has 0 N–H and O–H groups in total. The Morgan fingerprint density at radius 1 is 1.21 bits per heavy atom. The standard InChI is InChI=1S/C20H21N3O/c1-16-6-5-7-18(12-16)24-11-10-22(2)14-17-15-23-9-4-3-8-20(23)19(17)13-21/h3-9,12,15H,10-11,14H2,1-2H3. The smallest absolute Gasteiger partial charge is 0.119 e. The summed E-state index contributed by atoms with van der Waals surface area (Å²) in [5, 5.41) is 9.46. The predicted octanol–water partition coefficient (Wildman–Crippen LogP) is 3.63. The average molecular weight is 319 g/mol. The van der Waals surface area contributed by atoms with E-state index in [0.29, 0.717) is 6.61 Å². The normalized spacial score (nSPS) is 10.9. The highest BCUT2D eigenvalue weighted by molar-refractivity contribution is 5.65. The highest BCUT2D eigenvalue weighted by atomic mass is 16.5. The largest absolute Gasteiger partial charge is 0.492 e. The molecule has 0 aliphatic rings. The molecule has 1 aromatic carbocycles. The van der Waals surface area contributed by atoms with E-state index in [4.69, 9.17) is 4.74 Å². The van der Waals surface area contributed by atoms with Crippen LogP contribution in [0, 0.1) is 18.3 Å². The van der Waals surface area contributed by atoms with Crippen LogP contribution in [-0.2, 0) is 6.54 Å². The minimum absolute atomic E-state index is 0.620. The Balaban J connectivity index is 1.61. The summed E-state index contributed by atoms with van der Waals surface area (Å²) in [6, 6.07) is 16.3. The lowest BCUT2D eigenvalue weighted by Gasteiger charge is -2.16. The summed E-state index contributed by atoms with van der Waals surface area (Å²) in [5.74, 6) is 0.899. The monoisotopic (exact) mass is 319 g/mol. The molecule has 24 heavy (non-hydrogen) atoms. The van der Waals surface area contributed by atoms with Gasteiger partial charge in [-0.15, -0.1) is 0 Å². The van der Waals surface area contributed by atoms with E-state index in [0.717, 1.165) is 35.5 Å². The summed E-state index contributed by atoms with van der Waals surface area (Å²) in [5.41, 5.74) is 3.95. The Labute approximate surface area is 142 Å². The van der Waals surface area contributed by atoms with Crippen LogP contribution in [0.1, 0.15) is 16.7 Å². The molecule has 0 saturated heterocycles. The molecule has 0 aliphatic carbocycles. The Bertz CT molecular complexity index is 876. The van der Waals surface area contributed by atoms with Gasteiger partial charge in [0.1, 0.15) is 18.4 Å². The van der Waals surface area contributed by atoms with Crippen LogP contribution in [-0.4, -0.2) is 29.5 Å². The SMILES string of the molecule is Cc1cccc(OCCN(C)Cc2cn3ccccc3c2C#N)c1. The molecule has 0 unspecified atom stereocenters. The molecule has 2 heterocycles. The van der Waals surface area contributed by atoms with Gasteiger partial charge in [-0.05, 0) is 43.8 Å². The van der Waals surface area contributed by atoms with Crippen molar-refractivity contribution in [3.8, 4) is 11.8 Å². The van der Waals surface area contributed by atoms with Gasteiger partial charge in [-0.25, -0.2) is 0 Å². The molecule has 0 spiro atoms. The minimum atomic E-state index is 0.620. The molecule has 0 amide bonds. The van der Waals surface area contributed by atoms with Gasteiger partial charge in [0.25, 0.3) is 0 Å². The van der Waals surface area contributed by atoms with E-state index < -0.39 is 0 Å². The van der Waals surface area contributed by atoms with Crippen LogP contribution in [0.15, 0.2) is 54.9 Å². The zero-order chi connectivity index (χ0) is 16.9. The second kappa shape index (κ2) is 7.20. The third-order valence-corrected chi connectivity index (χ3v) is 4.05. The molecule has 2 aromatic heterocycles. The van der Waals surface area contributed by atoms with E-state index in [1.165, 1.54) is 5.56 Å². The van der Waals surface area contributed by atoms with Crippen molar-refractivity contribution in [3.05, 3.63) is 71.5 Å². The summed E-state index contributed by atoms with van der Waals surface area (Å²) in [4.78, 5) is 2.17. The van der Waals surface area contributed by atoms with Crippen LogP contribution in [0.2, 0.25) is 0 Å². The van der Waals surface area contributed by atoms with Gasteiger partial charge in [0, 0.05) is 31.0 Å². The van der Waals surface area contributed by atoms with Crippen LogP contribution in [0.4, 0.5) is 0 Å². The molecule has 4 nitrogen and oxygen atoms in total. The quantitative estimate of drug-likeness (QED) is 0.696. The number of nitrogens with zero attached hydrogens (tertiary/aromatic N) is 3. The molecule has 3 aromatic rings. The Kier molecular flexibility index (Phi) is 4.83. The van der Waals surface area contributed by atoms with Gasteiger partial charge in [-0.3, -0.25) is 4.90 Å². The molecule has 0 bridgehead atoms. The first-order valence-electron chi connectivity index (χ1n) is 8.04. The van der Waals surface area contributed by atoms with Crippen LogP contribution in [0.3, 0.4) is 0 Å². The van der Waals surface area contributed by atoms with Gasteiger partial charge in [0.05, 0.1) is 11.1 Å². The maximum Gasteiger partial charge on any atom is 0.119 e. The van der Waals surface area contributed by atoms with E-state index in [2.05, 4.69) is 24.0 Å². The molecule has 122 valence electrons. The van der Waals surface area contributed by atoms with Crippen LogP contribution in [0.25, 0.3) is 5.52 Å². The molecular formula is C20H21N3O. The number of pyridine rings is 1. The van der Waals surface area contributed by atoms with Crippen molar-refractivity contribution in [2.24, 2.45) is 0 Å². The van der Waals surface area contributed by atoms with E-state index in [-0.39, 0.29) is 0 Å². The van der Waals surface area contributed by atoms with E-state index in [1.807, 2.05) is 60.2 Å². The first-order chi connectivity index (χ1) is 11.7. The van der Waals surface area contributed by atoms with Crippen molar-refractivity contribution in [1.82, 2.24) is 9.30 Å². The molecule has 4 heteroatoms. The number of likely N-dealkylation sites (N-methyl/N-ethyl adjacent to an activating group) is 1. The van der Waals surface area contributed by atoms with Crippen LogP contribution >= 0.6 is 0 Å². The maximum absolute atomic E-state index is 9.46. The molecular weight excluding hydrogens is 298 g/mol. The molecule has 0 atom stereocenters. The number of benzene rings is 1. The number of aryl methyl sites for hydroxylation is 1.